The number of carbonyl (C=O) groups is 1. The molecule has 1 aromatic carbocycles. The van der Waals surface area contributed by atoms with Gasteiger partial charge in [-0.1, -0.05) is 25.1 Å². The van der Waals surface area contributed by atoms with Gasteiger partial charge in [0.25, 0.3) is 5.91 Å². The molecule has 0 fully saturated rings. The molecule has 0 bridgehead atoms. The van der Waals surface area contributed by atoms with Gasteiger partial charge in [0.15, 0.2) is 0 Å². The average molecular weight is 286 g/mol. The van der Waals surface area contributed by atoms with E-state index in [0.29, 0.717) is 18.7 Å². The highest BCUT2D eigenvalue weighted by molar-refractivity contribution is 5.95. The van der Waals surface area contributed by atoms with E-state index in [1.54, 1.807) is 10.9 Å². The molecule has 0 spiro atoms. The lowest BCUT2D eigenvalue weighted by Gasteiger charge is -2.11. The lowest BCUT2D eigenvalue weighted by molar-refractivity contribution is 0.0948. The average Bonchev–Trinajstić information content (AvgIpc) is 2.86. The zero-order valence-corrected chi connectivity index (χ0v) is 12.8. The molecule has 1 atom stereocenters. The van der Waals surface area contributed by atoms with Crippen LogP contribution in [0, 0.1) is 19.8 Å². The number of nitrogens with zero attached hydrogens (tertiary/aromatic N) is 2. The number of amides is 1. The van der Waals surface area contributed by atoms with Crippen LogP contribution in [0.2, 0.25) is 0 Å². The molecule has 0 aliphatic rings. The summed E-state index contributed by atoms with van der Waals surface area (Å²) in [6, 6.07) is 7.97. The Hall–Kier alpha value is -2.14. The Bertz CT molecular complexity index is 633. The maximum atomic E-state index is 12.2. The van der Waals surface area contributed by atoms with Gasteiger partial charge in [0.05, 0.1) is 23.1 Å². The minimum atomic E-state index is -0.104. The van der Waals surface area contributed by atoms with E-state index in [2.05, 4.69) is 10.4 Å². The number of hydrogen-bond donors (Lipinski definition) is 2. The number of benzene rings is 1. The first-order valence-corrected chi connectivity index (χ1v) is 7.13. The third-order valence-electron chi connectivity index (χ3n) is 3.61. The maximum Gasteiger partial charge on any atom is 0.254 e. The molecule has 1 amide bonds. The summed E-state index contributed by atoms with van der Waals surface area (Å²) in [5.74, 6) is 0.160. The van der Waals surface area contributed by atoms with Crippen LogP contribution in [0.15, 0.2) is 30.5 Å². The van der Waals surface area contributed by atoms with Crippen LogP contribution in [-0.4, -0.2) is 28.8 Å². The van der Waals surface area contributed by atoms with Gasteiger partial charge in [0, 0.05) is 6.54 Å². The van der Waals surface area contributed by atoms with Crippen molar-refractivity contribution in [2.24, 2.45) is 11.7 Å². The molecular weight excluding hydrogens is 264 g/mol. The van der Waals surface area contributed by atoms with Crippen LogP contribution in [0.3, 0.4) is 0 Å². The molecule has 5 heteroatoms. The number of carbonyl (C=O) groups excluding carboxylic acids is 1. The number of rotatable bonds is 5. The molecule has 21 heavy (non-hydrogen) atoms. The topological polar surface area (TPSA) is 72.9 Å². The molecule has 1 heterocycles. The molecule has 3 N–H and O–H groups in total. The zero-order valence-electron chi connectivity index (χ0n) is 12.8. The van der Waals surface area contributed by atoms with E-state index in [1.165, 1.54) is 0 Å². The molecule has 2 aromatic rings. The molecule has 0 aliphatic heterocycles. The monoisotopic (exact) mass is 286 g/mol. The molecule has 2 rings (SSSR count). The van der Waals surface area contributed by atoms with Gasteiger partial charge in [-0.25, -0.2) is 4.68 Å². The van der Waals surface area contributed by atoms with E-state index in [0.717, 1.165) is 16.9 Å². The molecule has 5 nitrogen and oxygen atoms in total. The van der Waals surface area contributed by atoms with Crippen molar-refractivity contribution in [2.45, 2.75) is 20.8 Å². The first-order chi connectivity index (χ1) is 10.0. The molecule has 0 radical (unpaired) electrons. The van der Waals surface area contributed by atoms with Gasteiger partial charge in [0.1, 0.15) is 0 Å². The molecule has 0 saturated heterocycles. The van der Waals surface area contributed by atoms with Crippen LogP contribution in [0.1, 0.15) is 28.5 Å². The van der Waals surface area contributed by atoms with E-state index >= 15 is 0 Å². The van der Waals surface area contributed by atoms with E-state index in [-0.39, 0.29) is 11.8 Å². The van der Waals surface area contributed by atoms with Crippen molar-refractivity contribution in [2.75, 3.05) is 13.1 Å². The second kappa shape index (κ2) is 6.54. The predicted molar refractivity (Wildman–Crippen MR) is 83.6 cm³/mol. The van der Waals surface area contributed by atoms with Crippen LogP contribution >= 0.6 is 0 Å². The Morgan fingerprint density at radius 2 is 2.10 bits per heavy atom. The summed E-state index contributed by atoms with van der Waals surface area (Å²) in [6.07, 6.45) is 1.62. The number of aryl methyl sites for hydroxylation is 1. The fourth-order valence-electron chi connectivity index (χ4n) is 2.12. The highest BCUT2D eigenvalue weighted by atomic mass is 16.1. The van der Waals surface area contributed by atoms with Gasteiger partial charge in [-0.05, 0) is 37.9 Å². The predicted octanol–water partition coefficient (Wildman–Crippen LogP) is 1.81. The molecule has 112 valence electrons. The van der Waals surface area contributed by atoms with Gasteiger partial charge < -0.3 is 11.1 Å². The van der Waals surface area contributed by atoms with Gasteiger partial charge >= 0.3 is 0 Å². The van der Waals surface area contributed by atoms with Crippen LogP contribution in [0.5, 0.6) is 0 Å². The lowest BCUT2D eigenvalue weighted by atomic mass is 10.1. The first kappa shape index (κ1) is 15.3. The van der Waals surface area contributed by atoms with Gasteiger partial charge in [-0.2, -0.15) is 5.10 Å². The molecule has 1 unspecified atom stereocenters. The van der Waals surface area contributed by atoms with Crippen LogP contribution in [-0.2, 0) is 0 Å². The van der Waals surface area contributed by atoms with Gasteiger partial charge in [-0.15, -0.1) is 0 Å². The maximum absolute atomic E-state index is 12.2. The molecule has 0 aliphatic carbocycles. The van der Waals surface area contributed by atoms with Crippen LogP contribution < -0.4 is 11.1 Å². The van der Waals surface area contributed by atoms with Crippen LogP contribution in [0.4, 0.5) is 0 Å². The van der Waals surface area contributed by atoms with E-state index in [4.69, 9.17) is 5.73 Å². The minimum Gasteiger partial charge on any atom is -0.352 e. The van der Waals surface area contributed by atoms with Crippen molar-refractivity contribution in [3.05, 3.63) is 47.3 Å². The standard InChI is InChI=1S/C16H22N4O/c1-11(8-17)9-18-16(21)14-10-19-20(13(14)3)15-7-5-4-6-12(15)2/h4-7,10-11H,8-9,17H2,1-3H3,(H,18,21). The van der Waals surface area contributed by atoms with Crippen molar-refractivity contribution >= 4 is 5.91 Å². The third-order valence-corrected chi connectivity index (χ3v) is 3.61. The van der Waals surface area contributed by atoms with Crippen molar-refractivity contribution < 1.29 is 4.79 Å². The fraction of sp³-hybridized carbons (Fsp3) is 0.375. The normalized spacial score (nSPS) is 12.2. The highest BCUT2D eigenvalue weighted by Gasteiger charge is 2.16. The third kappa shape index (κ3) is 3.31. The van der Waals surface area contributed by atoms with Gasteiger partial charge in [0.2, 0.25) is 0 Å². The smallest absolute Gasteiger partial charge is 0.254 e. The Balaban J connectivity index is 2.21. The number of hydrogen-bond acceptors (Lipinski definition) is 3. The fourth-order valence-corrected chi connectivity index (χ4v) is 2.12. The summed E-state index contributed by atoms with van der Waals surface area (Å²) in [6.45, 7) is 7.07. The second-order valence-electron chi connectivity index (χ2n) is 5.39. The Morgan fingerprint density at radius 3 is 2.76 bits per heavy atom. The van der Waals surface area contributed by atoms with Crippen molar-refractivity contribution in [1.82, 2.24) is 15.1 Å². The van der Waals surface area contributed by atoms with Crippen molar-refractivity contribution in [3.8, 4) is 5.69 Å². The molecule has 1 aromatic heterocycles. The number of nitrogens with two attached hydrogens (primary N) is 1. The lowest BCUT2D eigenvalue weighted by Crippen LogP contribution is -2.31. The Kier molecular flexibility index (Phi) is 4.75. The molecular formula is C16H22N4O. The first-order valence-electron chi connectivity index (χ1n) is 7.13. The van der Waals surface area contributed by atoms with E-state index < -0.39 is 0 Å². The number of nitrogens with one attached hydrogen (secondary N) is 1. The summed E-state index contributed by atoms with van der Waals surface area (Å²) in [5.41, 5.74) is 9.10. The van der Waals surface area contributed by atoms with E-state index in [9.17, 15) is 4.79 Å². The Labute approximate surface area is 125 Å². The van der Waals surface area contributed by atoms with Gasteiger partial charge in [-0.3, -0.25) is 4.79 Å². The zero-order chi connectivity index (χ0) is 15.4. The van der Waals surface area contributed by atoms with Crippen molar-refractivity contribution in [3.63, 3.8) is 0 Å². The minimum absolute atomic E-state index is 0.104. The van der Waals surface area contributed by atoms with Crippen molar-refractivity contribution in [1.29, 1.82) is 0 Å². The Morgan fingerprint density at radius 1 is 1.38 bits per heavy atom. The van der Waals surface area contributed by atoms with Crippen LogP contribution in [0.25, 0.3) is 5.69 Å². The quantitative estimate of drug-likeness (QED) is 0.880. The number of aromatic nitrogens is 2. The second-order valence-corrected chi connectivity index (χ2v) is 5.39. The largest absolute Gasteiger partial charge is 0.352 e. The summed E-state index contributed by atoms with van der Waals surface area (Å²) in [7, 11) is 0. The highest BCUT2D eigenvalue weighted by Crippen LogP contribution is 2.17. The van der Waals surface area contributed by atoms with E-state index in [1.807, 2.05) is 45.0 Å². The summed E-state index contributed by atoms with van der Waals surface area (Å²) < 4.78 is 1.80. The number of para-hydroxylation sites is 1. The summed E-state index contributed by atoms with van der Waals surface area (Å²) in [5, 5.41) is 7.24. The molecule has 0 saturated carbocycles. The summed E-state index contributed by atoms with van der Waals surface area (Å²) in [4.78, 5) is 12.2. The summed E-state index contributed by atoms with van der Waals surface area (Å²) >= 11 is 0. The SMILES string of the molecule is Cc1ccccc1-n1ncc(C(=O)NCC(C)CN)c1C.